The summed E-state index contributed by atoms with van der Waals surface area (Å²) in [6.07, 6.45) is 9.74. The lowest BCUT2D eigenvalue weighted by atomic mass is 10.0. The Morgan fingerprint density at radius 2 is 2.20 bits per heavy atom. The van der Waals surface area contributed by atoms with Crippen molar-refractivity contribution in [1.29, 1.82) is 0 Å². The maximum absolute atomic E-state index is 12.5. The van der Waals surface area contributed by atoms with Gasteiger partial charge in [0.2, 0.25) is 5.91 Å². The average molecular weight is 345 g/mol. The fraction of sp³-hybridized carbons (Fsp3) is 0.529. The van der Waals surface area contributed by atoms with Crippen LogP contribution in [0.4, 0.5) is 0 Å². The van der Waals surface area contributed by atoms with Gasteiger partial charge in [0.1, 0.15) is 5.82 Å². The van der Waals surface area contributed by atoms with Crippen molar-refractivity contribution in [3.05, 3.63) is 51.3 Å². The van der Waals surface area contributed by atoms with Gasteiger partial charge in [-0.25, -0.2) is 4.98 Å². The molecule has 1 atom stereocenters. The van der Waals surface area contributed by atoms with Crippen LogP contribution < -0.4 is 11.1 Å². The number of imidazole rings is 1. The van der Waals surface area contributed by atoms with Gasteiger partial charge in [-0.15, -0.1) is 0 Å². The molecule has 1 amide bonds. The molecule has 25 heavy (non-hydrogen) atoms. The summed E-state index contributed by atoms with van der Waals surface area (Å²) in [4.78, 5) is 44.1. The van der Waals surface area contributed by atoms with Gasteiger partial charge < -0.3 is 19.0 Å². The van der Waals surface area contributed by atoms with Crippen molar-refractivity contribution in [2.45, 2.75) is 45.2 Å². The second-order valence-corrected chi connectivity index (χ2v) is 6.28. The Hall–Kier alpha value is -2.64. The molecule has 134 valence electrons. The first kappa shape index (κ1) is 17.2. The zero-order valence-corrected chi connectivity index (χ0v) is 14.4. The van der Waals surface area contributed by atoms with Gasteiger partial charge in [0.25, 0.3) is 0 Å². The van der Waals surface area contributed by atoms with Gasteiger partial charge in [0, 0.05) is 57.3 Å². The molecule has 1 fully saturated rings. The molecule has 1 aliphatic rings. The number of nitrogens with one attached hydrogen (secondary N) is 1. The summed E-state index contributed by atoms with van der Waals surface area (Å²) < 4.78 is 3.45. The lowest BCUT2D eigenvalue weighted by molar-refractivity contribution is -0.133. The quantitative estimate of drug-likeness (QED) is 0.801. The van der Waals surface area contributed by atoms with E-state index in [2.05, 4.69) is 21.5 Å². The predicted octanol–water partition coefficient (Wildman–Crippen LogP) is 0.549. The van der Waals surface area contributed by atoms with Crippen LogP contribution in [0.5, 0.6) is 0 Å². The normalized spacial score (nSPS) is 17.6. The van der Waals surface area contributed by atoms with E-state index in [1.54, 1.807) is 6.20 Å². The first-order valence-electron chi connectivity index (χ1n) is 8.67. The van der Waals surface area contributed by atoms with Gasteiger partial charge in [-0.2, -0.15) is 0 Å². The minimum atomic E-state index is -0.666. The van der Waals surface area contributed by atoms with Crippen LogP contribution in [-0.2, 0) is 17.8 Å². The van der Waals surface area contributed by atoms with Crippen LogP contribution in [-0.4, -0.2) is 43.0 Å². The van der Waals surface area contributed by atoms with Gasteiger partial charge in [-0.05, 0) is 12.8 Å². The van der Waals surface area contributed by atoms with Crippen LogP contribution in [0.2, 0.25) is 0 Å². The van der Waals surface area contributed by atoms with Crippen molar-refractivity contribution in [2.75, 3.05) is 13.1 Å². The molecule has 0 radical (unpaired) electrons. The predicted molar refractivity (Wildman–Crippen MR) is 92.4 cm³/mol. The van der Waals surface area contributed by atoms with E-state index in [1.807, 2.05) is 11.1 Å². The highest BCUT2D eigenvalue weighted by atomic mass is 16.2. The highest BCUT2D eigenvalue weighted by Gasteiger charge is 2.25. The Kier molecular flexibility index (Phi) is 5.16. The van der Waals surface area contributed by atoms with Gasteiger partial charge in [-0.3, -0.25) is 14.4 Å². The van der Waals surface area contributed by atoms with E-state index in [0.717, 1.165) is 31.6 Å². The second kappa shape index (κ2) is 7.50. The zero-order valence-electron chi connectivity index (χ0n) is 14.4. The third kappa shape index (κ3) is 3.72. The smallest absolute Gasteiger partial charge is 0.316 e. The Morgan fingerprint density at radius 3 is 3.00 bits per heavy atom. The largest absolute Gasteiger partial charge is 0.341 e. The molecule has 0 spiro atoms. The monoisotopic (exact) mass is 345 g/mol. The number of aromatic nitrogens is 4. The number of nitrogens with zero attached hydrogens (tertiary/aromatic N) is 4. The van der Waals surface area contributed by atoms with E-state index >= 15 is 0 Å². The third-order valence-corrected chi connectivity index (χ3v) is 4.70. The van der Waals surface area contributed by atoms with E-state index in [4.69, 9.17) is 0 Å². The topological polar surface area (TPSA) is 93.0 Å². The number of H-pyrrole nitrogens is 1. The van der Waals surface area contributed by atoms with Crippen LogP contribution in [0.3, 0.4) is 0 Å². The number of aryl methyl sites for hydroxylation is 2. The Labute approximate surface area is 145 Å². The van der Waals surface area contributed by atoms with Crippen molar-refractivity contribution in [3.8, 4) is 0 Å². The summed E-state index contributed by atoms with van der Waals surface area (Å²) in [5, 5.41) is 0. The lowest BCUT2D eigenvalue weighted by Crippen LogP contribution is -2.42. The van der Waals surface area contributed by atoms with Crippen molar-refractivity contribution >= 4 is 5.91 Å². The highest BCUT2D eigenvalue weighted by molar-refractivity contribution is 5.76. The maximum atomic E-state index is 12.5. The summed E-state index contributed by atoms with van der Waals surface area (Å²) in [6.45, 7) is 3.68. The number of hydrogen-bond acceptors (Lipinski definition) is 4. The molecule has 1 unspecified atom stereocenters. The number of amides is 1. The summed E-state index contributed by atoms with van der Waals surface area (Å²) in [5.41, 5.74) is -1.29. The molecule has 2 aromatic heterocycles. The first-order valence-corrected chi connectivity index (χ1v) is 8.67. The van der Waals surface area contributed by atoms with Crippen LogP contribution in [0, 0.1) is 0 Å². The van der Waals surface area contributed by atoms with Crippen LogP contribution >= 0.6 is 0 Å². The van der Waals surface area contributed by atoms with E-state index in [0.29, 0.717) is 6.54 Å². The molecule has 1 saturated heterocycles. The van der Waals surface area contributed by atoms with Crippen LogP contribution in [0.15, 0.2) is 34.4 Å². The number of likely N-dealkylation sites (tertiary alicyclic amines) is 1. The van der Waals surface area contributed by atoms with E-state index in [-0.39, 0.29) is 24.9 Å². The molecular weight excluding hydrogens is 322 g/mol. The van der Waals surface area contributed by atoms with Crippen molar-refractivity contribution < 1.29 is 4.79 Å². The zero-order chi connectivity index (χ0) is 17.8. The Morgan fingerprint density at radius 1 is 1.36 bits per heavy atom. The maximum Gasteiger partial charge on any atom is 0.316 e. The van der Waals surface area contributed by atoms with Crippen LogP contribution in [0.1, 0.15) is 38.1 Å². The molecule has 8 nitrogen and oxygen atoms in total. The number of carbonyl (C=O) groups excluding carboxylic acids is 1. The fourth-order valence-electron chi connectivity index (χ4n) is 3.37. The molecule has 1 aliphatic heterocycles. The number of piperidine rings is 1. The minimum absolute atomic E-state index is 0.00930. The molecule has 0 saturated carbocycles. The number of rotatable bonds is 5. The molecule has 0 aliphatic carbocycles. The summed E-state index contributed by atoms with van der Waals surface area (Å²) in [5.74, 6) is 1.05. The standard InChI is InChI=1S/C17H23N5O3/c1-2-14-18-7-11-22(14)13-4-3-8-21(12-13)15(23)5-9-20-10-6-19-16(24)17(20)25/h6-7,10-11,13H,2-5,8-9,12H2,1H3,(H,19,24). The van der Waals surface area contributed by atoms with E-state index in [1.165, 1.54) is 17.0 Å². The van der Waals surface area contributed by atoms with E-state index in [9.17, 15) is 14.4 Å². The number of hydrogen-bond donors (Lipinski definition) is 1. The SMILES string of the molecule is CCc1nccn1C1CCCN(C(=O)CCn2cc[nH]c(=O)c2=O)C1. The van der Waals surface area contributed by atoms with Crippen molar-refractivity contribution in [2.24, 2.45) is 0 Å². The van der Waals surface area contributed by atoms with Gasteiger partial charge in [0.15, 0.2) is 0 Å². The first-order chi connectivity index (χ1) is 12.1. The molecular formula is C17H23N5O3. The molecule has 8 heteroatoms. The summed E-state index contributed by atoms with van der Waals surface area (Å²) in [7, 11) is 0. The molecule has 0 aromatic carbocycles. The fourth-order valence-corrected chi connectivity index (χ4v) is 3.37. The molecule has 3 heterocycles. The van der Waals surface area contributed by atoms with E-state index < -0.39 is 11.1 Å². The van der Waals surface area contributed by atoms with Gasteiger partial charge >= 0.3 is 11.1 Å². The Bertz CT molecular complexity index is 850. The summed E-state index contributed by atoms with van der Waals surface area (Å²) in [6, 6.07) is 0.248. The minimum Gasteiger partial charge on any atom is -0.341 e. The molecule has 1 N–H and O–H groups in total. The van der Waals surface area contributed by atoms with Crippen molar-refractivity contribution in [3.63, 3.8) is 0 Å². The highest BCUT2D eigenvalue weighted by Crippen LogP contribution is 2.23. The second-order valence-electron chi connectivity index (χ2n) is 6.28. The summed E-state index contributed by atoms with van der Waals surface area (Å²) >= 11 is 0. The van der Waals surface area contributed by atoms with Crippen LogP contribution in [0.25, 0.3) is 0 Å². The molecule has 0 bridgehead atoms. The van der Waals surface area contributed by atoms with Crippen molar-refractivity contribution in [1.82, 2.24) is 24.0 Å². The lowest BCUT2D eigenvalue weighted by Gasteiger charge is -2.34. The number of carbonyl (C=O) groups is 1. The molecule has 3 rings (SSSR count). The number of aromatic amines is 1. The average Bonchev–Trinajstić information content (AvgIpc) is 3.11. The van der Waals surface area contributed by atoms with Gasteiger partial charge in [0.05, 0.1) is 6.04 Å². The van der Waals surface area contributed by atoms with Gasteiger partial charge in [-0.1, -0.05) is 6.92 Å². The Balaban J connectivity index is 1.63. The third-order valence-electron chi connectivity index (χ3n) is 4.70. The molecule has 2 aromatic rings.